The third kappa shape index (κ3) is 6.08. The molecule has 0 saturated carbocycles. The fraction of sp³-hybridized carbons (Fsp3) is 0.348. The molecule has 2 aromatic carbocycles. The summed E-state index contributed by atoms with van der Waals surface area (Å²) in [7, 11) is 3.24. The van der Waals surface area contributed by atoms with Gasteiger partial charge in [0.05, 0.1) is 26.3 Å². The summed E-state index contributed by atoms with van der Waals surface area (Å²) < 4.78 is 11.3. The molecule has 0 unspecified atom stereocenters. The Hall–Kier alpha value is -2.31. The van der Waals surface area contributed by atoms with E-state index >= 15 is 0 Å². The van der Waals surface area contributed by atoms with Crippen LogP contribution < -0.4 is 14.8 Å². The van der Waals surface area contributed by atoms with Crippen LogP contribution in [0.25, 0.3) is 0 Å². The Morgan fingerprint density at radius 1 is 1.07 bits per heavy atom. The summed E-state index contributed by atoms with van der Waals surface area (Å²) in [6.07, 6.45) is 2.89. The molecule has 1 aliphatic rings. The Morgan fingerprint density at radius 2 is 1.72 bits per heavy atom. The van der Waals surface area contributed by atoms with Gasteiger partial charge in [-0.2, -0.15) is 0 Å². The van der Waals surface area contributed by atoms with E-state index in [2.05, 4.69) is 27.3 Å². The van der Waals surface area contributed by atoms with Crippen molar-refractivity contribution in [3.05, 3.63) is 69.8 Å². The molecule has 2 aromatic rings. The molecule has 0 atom stereocenters. The summed E-state index contributed by atoms with van der Waals surface area (Å²) in [4.78, 5) is 15.3. The first-order valence-electron chi connectivity index (χ1n) is 9.80. The number of nitrogens with one attached hydrogen (secondary N) is 1. The van der Waals surface area contributed by atoms with Gasteiger partial charge in [0, 0.05) is 29.7 Å². The number of hydrogen-bond donors (Lipinski definition) is 1. The molecule has 1 heterocycles. The molecule has 0 aromatic heterocycles. The van der Waals surface area contributed by atoms with Crippen molar-refractivity contribution in [2.45, 2.75) is 26.8 Å². The average molecular weight is 461 g/mol. The van der Waals surface area contributed by atoms with E-state index in [4.69, 9.17) is 9.47 Å². The number of nitrogens with zero attached hydrogens (tertiary/aromatic N) is 1. The van der Waals surface area contributed by atoms with Crippen LogP contribution in [0.2, 0.25) is 0 Å². The maximum absolute atomic E-state index is 13.4. The molecule has 29 heavy (non-hydrogen) atoms. The Morgan fingerprint density at radius 3 is 2.31 bits per heavy atom. The lowest BCUT2D eigenvalue weighted by atomic mass is 10.1. The Kier molecular flexibility index (Phi) is 9.22. The molecule has 156 valence electrons. The van der Waals surface area contributed by atoms with Gasteiger partial charge in [0.2, 0.25) is 0 Å². The van der Waals surface area contributed by atoms with E-state index in [1.807, 2.05) is 55.1 Å². The van der Waals surface area contributed by atoms with Gasteiger partial charge in [0.15, 0.2) is 0 Å². The molecule has 3 rings (SSSR count). The van der Waals surface area contributed by atoms with E-state index in [1.54, 1.807) is 20.3 Å². The highest BCUT2D eigenvalue weighted by atomic mass is 79.9. The predicted molar refractivity (Wildman–Crippen MR) is 120 cm³/mol. The first-order chi connectivity index (χ1) is 14.1. The predicted octanol–water partition coefficient (Wildman–Crippen LogP) is 5.01. The minimum atomic E-state index is -0.0512. The molecule has 0 saturated heterocycles. The number of hydrogen-bond acceptors (Lipinski definition) is 4. The van der Waals surface area contributed by atoms with Crippen LogP contribution in [0.15, 0.2) is 58.7 Å². The largest absolute Gasteiger partial charge is 0.497 e. The zero-order chi connectivity index (χ0) is 21.2. The first-order valence-corrected chi connectivity index (χ1v) is 10.6. The van der Waals surface area contributed by atoms with Crippen LogP contribution in [0.3, 0.4) is 0 Å². The number of carbonyl (C=O) groups is 1. The highest BCUT2D eigenvalue weighted by molar-refractivity contribution is 9.10. The second-order valence-electron chi connectivity index (χ2n) is 6.23. The van der Waals surface area contributed by atoms with Crippen molar-refractivity contribution in [2.75, 3.05) is 27.3 Å². The third-order valence-electron chi connectivity index (χ3n) is 4.54. The van der Waals surface area contributed by atoms with Gasteiger partial charge in [-0.1, -0.05) is 32.1 Å². The maximum atomic E-state index is 13.4. The summed E-state index contributed by atoms with van der Waals surface area (Å²) in [6.45, 7) is 6.12. The Balaban J connectivity index is 0.00000145. The Labute approximate surface area is 181 Å². The number of benzene rings is 2. The van der Waals surface area contributed by atoms with Crippen LogP contribution in [-0.2, 0) is 6.54 Å². The van der Waals surface area contributed by atoms with Gasteiger partial charge in [-0.15, -0.1) is 0 Å². The molecule has 6 heteroatoms. The summed E-state index contributed by atoms with van der Waals surface area (Å²) in [5, 5.41) is 3.30. The van der Waals surface area contributed by atoms with Gasteiger partial charge in [-0.25, -0.2) is 0 Å². The SMILES string of the molecule is CC.COc1ccc(CN(C(=O)c2cc(OC)ccc2Br)C2=CCNCC2)cc1. The van der Waals surface area contributed by atoms with E-state index < -0.39 is 0 Å². The van der Waals surface area contributed by atoms with Gasteiger partial charge >= 0.3 is 0 Å². The number of methoxy groups -OCH3 is 2. The smallest absolute Gasteiger partial charge is 0.259 e. The number of ether oxygens (including phenoxy) is 2. The van der Waals surface area contributed by atoms with Crippen LogP contribution in [0.1, 0.15) is 36.2 Å². The van der Waals surface area contributed by atoms with Gasteiger partial charge in [0.25, 0.3) is 5.91 Å². The molecule has 1 amide bonds. The minimum absolute atomic E-state index is 0.0512. The Bertz CT molecular complexity index is 835. The molecule has 0 bridgehead atoms. The summed E-state index contributed by atoms with van der Waals surface area (Å²) in [6, 6.07) is 13.2. The highest BCUT2D eigenvalue weighted by Gasteiger charge is 2.23. The zero-order valence-electron chi connectivity index (χ0n) is 17.5. The second kappa shape index (κ2) is 11.6. The molecule has 0 aliphatic carbocycles. The van der Waals surface area contributed by atoms with Crippen molar-refractivity contribution in [3.63, 3.8) is 0 Å². The molecule has 1 aliphatic heterocycles. The van der Waals surface area contributed by atoms with Crippen molar-refractivity contribution < 1.29 is 14.3 Å². The zero-order valence-corrected chi connectivity index (χ0v) is 19.1. The topological polar surface area (TPSA) is 50.8 Å². The van der Waals surface area contributed by atoms with Gasteiger partial charge in [-0.3, -0.25) is 4.79 Å². The lowest BCUT2D eigenvalue weighted by Crippen LogP contribution is -2.34. The summed E-state index contributed by atoms with van der Waals surface area (Å²) in [5.41, 5.74) is 2.66. The molecule has 0 spiro atoms. The van der Waals surface area contributed by atoms with E-state index in [9.17, 15) is 4.79 Å². The van der Waals surface area contributed by atoms with Crippen molar-refractivity contribution in [1.82, 2.24) is 10.2 Å². The normalized spacial score (nSPS) is 12.9. The number of amides is 1. The van der Waals surface area contributed by atoms with E-state index in [0.717, 1.165) is 41.0 Å². The van der Waals surface area contributed by atoms with E-state index in [1.165, 1.54) is 0 Å². The van der Waals surface area contributed by atoms with Gasteiger partial charge in [-0.05, 0) is 51.8 Å². The second-order valence-corrected chi connectivity index (χ2v) is 7.09. The van der Waals surface area contributed by atoms with E-state index in [-0.39, 0.29) is 5.91 Å². The summed E-state index contributed by atoms with van der Waals surface area (Å²) >= 11 is 3.51. The maximum Gasteiger partial charge on any atom is 0.259 e. The van der Waals surface area contributed by atoms with Crippen molar-refractivity contribution in [1.29, 1.82) is 0 Å². The molecule has 0 radical (unpaired) electrons. The number of carbonyl (C=O) groups excluding carboxylic acids is 1. The van der Waals surface area contributed by atoms with Gasteiger partial charge < -0.3 is 19.7 Å². The van der Waals surface area contributed by atoms with Crippen LogP contribution in [0, 0.1) is 0 Å². The highest BCUT2D eigenvalue weighted by Crippen LogP contribution is 2.27. The standard InChI is InChI=1S/C21H23BrN2O3.C2H6/c1-26-17-5-3-15(4-6-17)14-24(16-9-11-23-12-10-16)21(25)19-13-18(27-2)7-8-20(19)22;1-2/h3-9,13,23H,10-12,14H2,1-2H3;1-2H3. The third-order valence-corrected chi connectivity index (χ3v) is 5.23. The fourth-order valence-corrected chi connectivity index (χ4v) is 3.43. The van der Waals surface area contributed by atoms with Crippen LogP contribution in [-0.4, -0.2) is 38.1 Å². The van der Waals surface area contributed by atoms with Crippen molar-refractivity contribution in [2.24, 2.45) is 0 Å². The van der Waals surface area contributed by atoms with Crippen LogP contribution in [0.5, 0.6) is 11.5 Å². The molecule has 1 N–H and O–H groups in total. The van der Waals surface area contributed by atoms with Crippen molar-refractivity contribution in [3.8, 4) is 11.5 Å². The number of rotatable bonds is 6. The van der Waals surface area contributed by atoms with Gasteiger partial charge in [0.1, 0.15) is 11.5 Å². The minimum Gasteiger partial charge on any atom is -0.497 e. The molecular weight excluding hydrogens is 432 g/mol. The van der Waals surface area contributed by atoms with Crippen molar-refractivity contribution >= 4 is 21.8 Å². The van der Waals surface area contributed by atoms with Crippen LogP contribution >= 0.6 is 15.9 Å². The lowest BCUT2D eigenvalue weighted by molar-refractivity contribution is 0.0787. The molecule has 5 nitrogen and oxygen atoms in total. The van der Waals surface area contributed by atoms with E-state index in [0.29, 0.717) is 17.9 Å². The fourth-order valence-electron chi connectivity index (χ4n) is 3.01. The molecular formula is C23H29BrN2O3. The first kappa shape index (κ1) is 23.0. The monoisotopic (exact) mass is 460 g/mol. The van der Waals surface area contributed by atoms with Crippen LogP contribution in [0.4, 0.5) is 0 Å². The quantitative estimate of drug-likeness (QED) is 0.657. The lowest BCUT2D eigenvalue weighted by Gasteiger charge is -2.29. The molecule has 0 fully saturated rings. The summed E-state index contributed by atoms with van der Waals surface area (Å²) in [5.74, 6) is 1.41. The number of halogens is 1. The average Bonchev–Trinajstić information content (AvgIpc) is 2.79.